The molecule has 1 fully saturated rings. The second kappa shape index (κ2) is 10.2. The summed E-state index contributed by atoms with van der Waals surface area (Å²) in [5.41, 5.74) is 3.35. The van der Waals surface area contributed by atoms with Crippen LogP contribution < -0.4 is 5.32 Å². The van der Waals surface area contributed by atoms with Gasteiger partial charge < -0.3 is 19.6 Å². The number of fused-ring (bicyclic) bond motifs is 1. The van der Waals surface area contributed by atoms with E-state index in [4.69, 9.17) is 9.72 Å². The van der Waals surface area contributed by atoms with Crippen molar-refractivity contribution in [1.82, 2.24) is 14.7 Å². The van der Waals surface area contributed by atoms with Crippen molar-refractivity contribution >= 4 is 11.6 Å². The highest BCUT2D eigenvalue weighted by Crippen LogP contribution is 2.32. The number of aromatic nitrogens is 2. The summed E-state index contributed by atoms with van der Waals surface area (Å²) < 4.78 is 7.31. The number of ether oxygens (including phenoxy) is 1. The van der Waals surface area contributed by atoms with E-state index in [9.17, 15) is 9.90 Å². The van der Waals surface area contributed by atoms with Crippen molar-refractivity contribution < 1.29 is 14.6 Å². The summed E-state index contributed by atoms with van der Waals surface area (Å²) >= 11 is 0. The predicted molar refractivity (Wildman–Crippen MR) is 114 cm³/mol. The second-order valence-corrected chi connectivity index (χ2v) is 8.43. The number of carbonyl (C=O) groups is 1. The summed E-state index contributed by atoms with van der Waals surface area (Å²) in [5, 5.41) is 12.5. The molecular weight excluding hydrogens is 366 g/mol. The van der Waals surface area contributed by atoms with Crippen molar-refractivity contribution in [2.45, 2.75) is 71.4 Å². The number of nitrogens with zero attached hydrogens (tertiary/aromatic N) is 2. The van der Waals surface area contributed by atoms with Gasteiger partial charge in [-0.2, -0.15) is 0 Å². The molecule has 0 aliphatic heterocycles. The SMILES string of the molecule is CCCc1cc(COC)n2ccc(C(=O)N[C@H]3CCCC(C(C)CCO)C3)c2n1. The quantitative estimate of drug-likeness (QED) is 0.671. The van der Waals surface area contributed by atoms with Crippen molar-refractivity contribution in [1.29, 1.82) is 0 Å². The van der Waals surface area contributed by atoms with E-state index in [0.717, 1.165) is 49.9 Å². The number of methoxy groups -OCH3 is 1. The van der Waals surface area contributed by atoms with Crippen molar-refractivity contribution in [2.24, 2.45) is 11.8 Å². The third kappa shape index (κ3) is 5.17. The first kappa shape index (κ1) is 21.8. The molecule has 2 aromatic heterocycles. The highest BCUT2D eigenvalue weighted by Gasteiger charge is 2.27. The Hall–Kier alpha value is -1.92. The molecule has 29 heavy (non-hydrogen) atoms. The summed E-state index contributed by atoms with van der Waals surface area (Å²) in [6, 6.07) is 4.12. The van der Waals surface area contributed by atoms with Gasteiger partial charge in [-0.15, -0.1) is 0 Å². The first-order chi connectivity index (χ1) is 14.1. The van der Waals surface area contributed by atoms with Crippen LogP contribution in [0, 0.1) is 11.8 Å². The molecule has 2 N–H and O–H groups in total. The van der Waals surface area contributed by atoms with Gasteiger partial charge in [-0.05, 0) is 49.7 Å². The molecule has 3 rings (SSSR count). The van der Waals surface area contributed by atoms with Crippen molar-refractivity contribution in [3.63, 3.8) is 0 Å². The molecule has 160 valence electrons. The van der Waals surface area contributed by atoms with E-state index in [0.29, 0.717) is 29.7 Å². The van der Waals surface area contributed by atoms with Crippen molar-refractivity contribution in [2.75, 3.05) is 13.7 Å². The molecule has 1 amide bonds. The van der Waals surface area contributed by atoms with Crippen LogP contribution in [0.25, 0.3) is 5.65 Å². The number of hydrogen-bond donors (Lipinski definition) is 2. The highest BCUT2D eigenvalue weighted by atomic mass is 16.5. The van der Waals surface area contributed by atoms with E-state index in [1.807, 2.05) is 16.7 Å². The zero-order valence-corrected chi connectivity index (χ0v) is 18.0. The fourth-order valence-corrected chi connectivity index (χ4v) is 4.60. The molecule has 2 unspecified atom stereocenters. The highest BCUT2D eigenvalue weighted by molar-refractivity contribution is 6.00. The van der Waals surface area contributed by atoms with Crippen molar-refractivity contribution in [3.05, 3.63) is 35.3 Å². The van der Waals surface area contributed by atoms with E-state index in [2.05, 4.69) is 25.2 Å². The Morgan fingerprint density at radius 3 is 3.00 bits per heavy atom. The molecule has 1 aliphatic carbocycles. The zero-order valence-electron chi connectivity index (χ0n) is 18.0. The van der Waals surface area contributed by atoms with Crippen molar-refractivity contribution in [3.8, 4) is 0 Å². The molecular formula is C23H35N3O3. The molecule has 0 aromatic carbocycles. The normalized spacial score (nSPS) is 20.7. The monoisotopic (exact) mass is 401 g/mol. The Morgan fingerprint density at radius 1 is 1.45 bits per heavy atom. The lowest BCUT2D eigenvalue weighted by Crippen LogP contribution is -2.39. The number of carbonyl (C=O) groups excluding carboxylic acids is 1. The van der Waals surface area contributed by atoms with Crippen LogP contribution in [-0.2, 0) is 17.8 Å². The number of aryl methyl sites for hydroxylation is 1. The Bertz CT molecular complexity index is 817. The number of hydrogen-bond acceptors (Lipinski definition) is 4. The van der Waals surface area contributed by atoms with Crippen LogP contribution in [0.3, 0.4) is 0 Å². The molecule has 0 radical (unpaired) electrons. The summed E-state index contributed by atoms with van der Waals surface area (Å²) in [7, 11) is 1.68. The minimum absolute atomic E-state index is 0.0440. The number of nitrogens with one attached hydrogen (secondary N) is 1. The average molecular weight is 402 g/mol. The van der Waals surface area contributed by atoms with Gasteiger partial charge in [0.05, 0.1) is 17.9 Å². The standard InChI is InChI=1S/C23H35N3O3/c1-4-6-18-14-20(15-29-3)26-11-9-21(22(26)24-18)23(28)25-19-8-5-7-17(13-19)16(2)10-12-27/h9,11,14,16-17,19,27H,4-8,10,12-13,15H2,1-3H3,(H,25,28)/t16?,17?,19-/m0/s1. The van der Waals surface area contributed by atoms with E-state index < -0.39 is 0 Å². The number of aliphatic hydroxyl groups is 1. The van der Waals surface area contributed by atoms with Crippen LogP contribution in [0.1, 0.15) is 74.1 Å². The molecule has 2 heterocycles. The molecule has 1 aliphatic rings. The van der Waals surface area contributed by atoms with E-state index in [1.165, 1.54) is 6.42 Å². The maximum Gasteiger partial charge on any atom is 0.255 e. The van der Waals surface area contributed by atoms with Gasteiger partial charge in [0, 0.05) is 31.6 Å². The number of rotatable bonds is 9. The molecule has 0 saturated heterocycles. The summed E-state index contributed by atoms with van der Waals surface area (Å²) in [5.74, 6) is 1.01. The van der Waals surface area contributed by atoms with Gasteiger partial charge in [0.1, 0.15) is 5.65 Å². The molecule has 0 spiro atoms. The number of amides is 1. The lowest BCUT2D eigenvalue weighted by molar-refractivity contribution is 0.0908. The smallest absolute Gasteiger partial charge is 0.255 e. The zero-order chi connectivity index (χ0) is 20.8. The van der Waals surface area contributed by atoms with Gasteiger partial charge in [0.25, 0.3) is 5.91 Å². The van der Waals surface area contributed by atoms with Gasteiger partial charge >= 0.3 is 0 Å². The Morgan fingerprint density at radius 2 is 2.28 bits per heavy atom. The first-order valence-corrected chi connectivity index (χ1v) is 11.0. The van der Waals surface area contributed by atoms with Crippen LogP contribution in [0.2, 0.25) is 0 Å². The van der Waals surface area contributed by atoms with Gasteiger partial charge in [0.2, 0.25) is 0 Å². The molecule has 0 bridgehead atoms. The largest absolute Gasteiger partial charge is 0.396 e. The summed E-state index contributed by atoms with van der Waals surface area (Å²) in [6.45, 7) is 5.06. The Labute approximate surface area is 173 Å². The van der Waals surface area contributed by atoms with Gasteiger partial charge in [-0.3, -0.25) is 4.79 Å². The summed E-state index contributed by atoms with van der Waals surface area (Å²) in [4.78, 5) is 17.9. The van der Waals surface area contributed by atoms with Crippen LogP contribution >= 0.6 is 0 Å². The Balaban J connectivity index is 1.78. The summed E-state index contributed by atoms with van der Waals surface area (Å²) in [6.07, 6.45) is 8.95. The molecule has 2 aromatic rings. The predicted octanol–water partition coefficient (Wildman–Crippen LogP) is 3.74. The number of aliphatic hydroxyl groups excluding tert-OH is 1. The lowest BCUT2D eigenvalue weighted by Gasteiger charge is -2.33. The molecule has 3 atom stereocenters. The molecule has 6 nitrogen and oxygen atoms in total. The van der Waals surface area contributed by atoms with Crippen LogP contribution in [0.15, 0.2) is 18.3 Å². The second-order valence-electron chi connectivity index (χ2n) is 8.43. The topological polar surface area (TPSA) is 75.9 Å². The van der Waals surface area contributed by atoms with Gasteiger partial charge in [-0.25, -0.2) is 4.98 Å². The van der Waals surface area contributed by atoms with Gasteiger partial charge in [0.15, 0.2) is 0 Å². The fraction of sp³-hybridized carbons (Fsp3) is 0.652. The van der Waals surface area contributed by atoms with E-state index >= 15 is 0 Å². The lowest BCUT2D eigenvalue weighted by atomic mass is 9.77. The molecule has 6 heteroatoms. The Kier molecular flexibility index (Phi) is 7.67. The van der Waals surface area contributed by atoms with Gasteiger partial charge in [-0.1, -0.05) is 33.1 Å². The van der Waals surface area contributed by atoms with E-state index in [-0.39, 0.29) is 18.6 Å². The average Bonchev–Trinajstić information content (AvgIpc) is 3.13. The maximum atomic E-state index is 13.1. The van der Waals surface area contributed by atoms with E-state index in [1.54, 1.807) is 7.11 Å². The fourth-order valence-electron chi connectivity index (χ4n) is 4.60. The minimum Gasteiger partial charge on any atom is -0.396 e. The molecule has 1 saturated carbocycles. The van der Waals surface area contributed by atoms with Crippen LogP contribution in [0.5, 0.6) is 0 Å². The minimum atomic E-state index is -0.0440. The first-order valence-electron chi connectivity index (χ1n) is 11.0. The van der Waals surface area contributed by atoms with Crippen LogP contribution in [0.4, 0.5) is 0 Å². The maximum absolute atomic E-state index is 13.1. The van der Waals surface area contributed by atoms with Crippen LogP contribution in [-0.4, -0.2) is 40.2 Å². The third-order valence-corrected chi connectivity index (χ3v) is 6.23. The third-order valence-electron chi connectivity index (χ3n) is 6.23.